The Bertz CT molecular complexity index is 389. The van der Waals surface area contributed by atoms with Crippen molar-refractivity contribution < 1.29 is 19.4 Å². The highest BCUT2D eigenvalue weighted by atomic mass is 16.5. The molecule has 0 bridgehead atoms. The summed E-state index contributed by atoms with van der Waals surface area (Å²) in [5.41, 5.74) is 0.811. The van der Waals surface area contributed by atoms with Crippen molar-refractivity contribution in [1.82, 2.24) is 5.32 Å². The maximum Gasteiger partial charge on any atom is 0.258 e. The minimum atomic E-state index is -0.507. The number of rotatable bonds is 7. The predicted octanol–water partition coefficient (Wildman–Crippen LogP) is 1.27. The Morgan fingerprint density at radius 2 is 1.95 bits per heavy atom. The van der Waals surface area contributed by atoms with Crippen LogP contribution in [-0.4, -0.2) is 37.4 Å². The number of carbonyl (C=O) groups excluding carboxylic acids is 1. The maximum absolute atomic E-state index is 11.5. The van der Waals surface area contributed by atoms with Gasteiger partial charge in [0, 0.05) is 13.2 Å². The van der Waals surface area contributed by atoms with E-state index in [4.69, 9.17) is 9.47 Å². The lowest BCUT2D eigenvalue weighted by Gasteiger charge is -2.13. The largest absolute Gasteiger partial charge is 0.484 e. The monoisotopic (exact) mass is 267 g/mol. The first kappa shape index (κ1) is 15.5. The molecule has 1 rings (SSSR count). The third kappa shape index (κ3) is 5.72. The van der Waals surface area contributed by atoms with Gasteiger partial charge in [0.1, 0.15) is 5.75 Å². The molecule has 19 heavy (non-hydrogen) atoms. The molecule has 5 heteroatoms. The number of amides is 1. The van der Waals surface area contributed by atoms with E-state index in [-0.39, 0.29) is 18.6 Å². The van der Waals surface area contributed by atoms with Crippen LogP contribution in [0.5, 0.6) is 5.75 Å². The van der Waals surface area contributed by atoms with E-state index in [1.54, 1.807) is 38.3 Å². The molecule has 0 heterocycles. The number of methoxy groups -OCH3 is 1. The van der Waals surface area contributed by atoms with Crippen molar-refractivity contribution in [3.05, 3.63) is 29.8 Å². The number of aliphatic hydroxyl groups excluding tert-OH is 1. The second kappa shape index (κ2) is 7.76. The number of ether oxygens (including phenoxy) is 2. The van der Waals surface area contributed by atoms with E-state index in [1.165, 1.54) is 0 Å². The Hall–Kier alpha value is -1.59. The van der Waals surface area contributed by atoms with E-state index in [0.717, 1.165) is 5.56 Å². The van der Waals surface area contributed by atoms with Gasteiger partial charge in [-0.25, -0.2) is 0 Å². The standard InChI is InChI=1S/C14H21NO4/c1-10(8-18-3)15-14(17)9-19-13-6-4-12(5-7-13)11(2)16/h4-7,10-11,16H,8-9H2,1-3H3,(H,15,17). The highest BCUT2D eigenvalue weighted by molar-refractivity contribution is 5.77. The average molecular weight is 267 g/mol. The highest BCUT2D eigenvalue weighted by Gasteiger charge is 2.08. The minimum absolute atomic E-state index is 0.0396. The molecule has 2 atom stereocenters. The lowest BCUT2D eigenvalue weighted by atomic mass is 10.1. The first-order valence-corrected chi connectivity index (χ1v) is 6.22. The molecule has 0 aliphatic heterocycles. The molecule has 0 radical (unpaired) electrons. The molecule has 0 saturated heterocycles. The molecule has 0 aromatic heterocycles. The van der Waals surface area contributed by atoms with E-state index < -0.39 is 6.10 Å². The van der Waals surface area contributed by atoms with Crippen LogP contribution in [0.2, 0.25) is 0 Å². The summed E-state index contributed by atoms with van der Waals surface area (Å²) in [4.78, 5) is 11.5. The van der Waals surface area contributed by atoms with E-state index in [2.05, 4.69) is 5.32 Å². The van der Waals surface area contributed by atoms with Gasteiger partial charge < -0.3 is 19.9 Å². The Labute approximate surface area is 113 Å². The van der Waals surface area contributed by atoms with Crippen LogP contribution in [0.15, 0.2) is 24.3 Å². The Morgan fingerprint density at radius 1 is 1.32 bits per heavy atom. The zero-order valence-corrected chi connectivity index (χ0v) is 11.6. The fourth-order valence-electron chi connectivity index (χ4n) is 1.60. The smallest absolute Gasteiger partial charge is 0.258 e. The van der Waals surface area contributed by atoms with Gasteiger partial charge in [0.05, 0.1) is 12.7 Å². The van der Waals surface area contributed by atoms with Gasteiger partial charge in [-0.2, -0.15) is 0 Å². The molecular formula is C14H21NO4. The van der Waals surface area contributed by atoms with E-state index in [9.17, 15) is 9.90 Å². The summed E-state index contributed by atoms with van der Waals surface area (Å²) in [6, 6.07) is 6.96. The summed E-state index contributed by atoms with van der Waals surface area (Å²) in [5.74, 6) is 0.406. The van der Waals surface area contributed by atoms with Crippen LogP contribution in [0.4, 0.5) is 0 Å². The zero-order valence-electron chi connectivity index (χ0n) is 11.6. The van der Waals surface area contributed by atoms with Crippen molar-refractivity contribution in [2.45, 2.75) is 26.0 Å². The first-order valence-electron chi connectivity index (χ1n) is 6.22. The number of hydrogen-bond donors (Lipinski definition) is 2. The van der Waals surface area contributed by atoms with Gasteiger partial charge in [-0.15, -0.1) is 0 Å². The average Bonchev–Trinajstić information content (AvgIpc) is 2.37. The molecule has 1 amide bonds. The van der Waals surface area contributed by atoms with Gasteiger partial charge in [0.2, 0.25) is 0 Å². The molecule has 5 nitrogen and oxygen atoms in total. The SMILES string of the molecule is COCC(C)NC(=O)COc1ccc(C(C)O)cc1. The van der Waals surface area contributed by atoms with Crippen LogP contribution in [0, 0.1) is 0 Å². The second-order valence-corrected chi connectivity index (χ2v) is 4.46. The summed E-state index contributed by atoms with van der Waals surface area (Å²) >= 11 is 0. The summed E-state index contributed by atoms with van der Waals surface area (Å²) in [7, 11) is 1.59. The zero-order chi connectivity index (χ0) is 14.3. The summed E-state index contributed by atoms with van der Waals surface area (Å²) in [6.07, 6.45) is -0.507. The maximum atomic E-state index is 11.5. The van der Waals surface area contributed by atoms with Gasteiger partial charge in [0.15, 0.2) is 6.61 Å². The fraction of sp³-hybridized carbons (Fsp3) is 0.500. The number of hydrogen-bond acceptors (Lipinski definition) is 4. The Balaban J connectivity index is 2.37. The first-order chi connectivity index (χ1) is 9.02. The normalized spacial score (nSPS) is 13.7. The fourth-order valence-corrected chi connectivity index (χ4v) is 1.60. The van der Waals surface area contributed by atoms with Crippen LogP contribution >= 0.6 is 0 Å². The number of aliphatic hydroxyl groups is 1. The van der Waals surface area contributed by atoms with E-state index in [1.807, 2.05) is 6.92 Å². The van der Waals surface area contributed by atoms with Crippen molar-refractivity contribution in [3.63, 3.8) is 0 Å². The van der Waals surface area contributed by atoms with Crippen molar-refractivity contribution in [1.29, 1.82) is 0 Å². The predicted molar refractivity (Wildman–Crippen MR) is 72.1 cm³/mol. The van der Waals surface area contributed by atoms with Crippen molar-refractivity contribution in [3.8, 4) is 5.75 Å². The van der Waals surface area contributed by atoms with Gasteiger partial charge in [0.25, 0.3) is 5.91 Å². The van der Waals surface area contributed by atoms with Crippen LogP contribution in [0.25, 0.3) is 0 Å². The molecule has 0 spiro atoms. The number of nitrogens with one attached hydrogen (secondary N) is 1. The molecule has 0 aliphatic rings. The van der Waals surface area contributed by atoms with Crippen LogP contribution in [0.1, 0.15) is 25.5 Å². The van der Waals surface area contributed by atoms with Gasteiger partial charge in [-0.3, -0.25) is 4.79 Å². The molecule has 0 aliphatic carbocycles. The van der Waals surface area contributed by atoms with Crippen LogP contribution < -0.4 is 10.1 Å². The van der Waals surface area contributed by atoms with Crippen molar-refractivity contribution >= 4 is 5.91 Å². The molecule has 2 N–H and O–H groups in total. The topological polar surface area (TPSA) is 67.8 Å². The molecule has 1 aromatic carbocycles. The highest BCUT2D eigenvalue weighted by Crippen LogP contribution is 2.16. The summed E-state index contributed by atoms with van der Waals surface area (Å²) in [6.45, 7) is 3.98. The lowest BCUT2D eigenvalue weighted by molar-refractivity contribution is -0.124. The van der Waals surface area contributed by atoms with Crippen LogP contribution in [0.3, 0.4) is 0 Å². The molecule has 0 fully saturated rings. The molecular weight excluding hydrogens is 246 g/mol. The summed E-state index contributed by atoms with van der Waals surface area (Å²) < 4.78 is 10.3. The van der Waals surface area contributed by atoms with Crippen LogP contribution in [-0.2, 0) is 9.53 Å². The molecule has 0 saturated carbocycles. The van der Waals surface area contributed by atoms with Crippen molar-refractivity contribution in [2.24, 2.45) is 0 Å². The minimum Gasteiger partial charge on any atom is -0.484 e. The van der Waals surface area contributed by atoms with Gasteiger partial charge in [-0.05, 0) is 31.5 Å². The third-order valence-electron chi connectivity index (χ3n) is 2.56. The molecule has 2 unspecified atom stereocenters. The number of carbonyl (C=O) groups is 1. The quantitative estimate of drug-likeness (QED) is 0.780. The lowest BCUT2D eigenvalue weighted by Crippen LogP contribution is -2.38. The number of benzene rings is 1. The molecule has 1 aromatic rings. The molecule has 106 valence electrons. The third-order valence-corrected chi connectivity index (χ3v) is 2.56. The van der Waals surface area contributed by atoms with E-state index >= 15 is 0 Å². The second-order valence-electron chi connectivity index (χ2n) is 4.46. The Morgan fingerprint density at radius 3 is 2.47 bits per heavy atom. The summed E-state index contributed by atoms with van der Waals surface area (Å²) in [5, 5.41) is 12.1. The van der Waals surface area contributed by atoms with Crippen molar-refractivity contribution in [2.75, 3.05) is 20.3 Å². The Kier molecular flexibility index (Phi) is 6.32. The van der Waals surface area contributed by atoms with Gasteiger partial charge >= 0.3 is 0 Å². The van der Waals surface area contributed by atoms with E-state index in [0.29, 0.717) is 12.4 Å². The van der Waals surface area contributed by atoms with Gasteiger partial charge in [-0.1, -0.05) is 12.1 Å².